The molecule has 0 atom stereocenters. The zero-order valence-corrected chi connectivity index (χ0v) is 18.2. The maximum Gasteiger partial charge on any atom is 2.00 e. The van der Waals surface area contributed by atoms with Crippen LogP contribution in [0.4, 0.5) is 0 Å². The van der Waals surface area contributed by atoms with E-state index in [2.05, 4.69) is 78.4 Å². The molecule has 108 valence electrons. The van der Waals surface area contributed by atoms with E-state index in [0.29, 0.717) is 0 Å². The standard InChI is InChI=1S/2C6H13.H3O2PS2.Zn/c2*1-4-5-6(2)3;1-3(2,4)5;/h2*4,6H,5H2,1-3H3;(H3,1,2,4,5);/q2*-1;;+2. The van der Waals surface area contributed by atoms with Gasteiger partial charge < -0.3 is 22.6 Å². The summed E-state index contributed by atoms with van der Waals surface area (Å²) < 4.78 is 0. The minimum atomic E-state index is -3.11. The molecule has 0 heterocycles. The van der Waals surface area contributed by atoms with Crippen molar-refractivity contribution in [1.82, 2.24) is 0 Å². The van der Waals surface area contributed by atoms with Gasteiger partial charge in [0.2, 0.25) is 5.69 Å². The summed E-state index contributed by atoms with van der Waals surface area (Å²) in [6.45, 7) is 13.1. The van der Waals surface area contributed by atoms with E-state index in [9.17, 15) is 0 Å². The normalized spacial score (nSPS) is 9.94. The van der Waals surface area contributed by atoms with Crippen molar-refractivity contribution in [2.45, 2.75) is 54.4 Å². The third kappa shape index (κ3) is 84.4. The summed E-state index contributed by atoms with van der Waals surface area (Å²) in [5.41, 5.74) is -3.11. The Morgan fingerprint density at radius 2 is 1.17 bits per heavy atom. The van der Waals surface area contributed by atoms with E-state index < -0.39 is 5.69 Å². The van der Waals surface area contributed by atoms with Crippen LogP contribution in [0.2, 0.25) is 0 Å². The van der Waals surface area contributed by atoms with Crippen molar-refractivity contribution in [2.75, 3.05) is 0 Å². The van der Waals surface area contributed by atoms with E-state index in [0.717, 1.165) is 11.8 Å². The summed E-state index contributed by atoms with van der Waals surface area (Å²) in [6.07, 6.45) is 6.90. The molecule has 0 aromatic rings. The van der Waals surface area contributed by atoms with Gasteiger partial charge in [0.05, 0.1) is 0 Å². The first-order chi connectivity index (χ1) is 7.54. The minimum absolute atomic E-state index is 0. The maximum absolute atomic E-state index is 7.87. The first-order valence-corrected chi connectivity index (χ1v) is 9.74. The van der Waals surface area contributed by atoms with Gasteiger partial charge in [-0.3, -0.25) is 0 Å². The van der Waals surface area contributed by atoms with Crippen molar-refractivity contribution in [3.63, 3.8) is 0 Å². The van der Waals surface area contributed by atoms with Crippen molar-refractivity contribution in [3.8, 4) is 0 Å². The fourth-order valence-electron chi connectivity index (χ4n) is 0.943. The summed E-state index contributed by atoms with van der Waals surface area (Å²) in [5.74, 6) is 1.69. The van der Waals surface area contributed by atoms with Crippen LogP contribution >= 0.6 is 17.9 Å². The summed E-state index contributed by atoms with van der Waals surface area (Å²) in [7, 11) is 0. The molecule has 0 amide bonds. The van der Waals surface area contributed by atoms with Crippen molar-refractivity contribution in [2.24, 2.45) is 11.8 Å². The van der Waals surface area contributed by atoms with Gasteiger partial charge in [0.25, 0.3) is 0 Å². The molecule has 0 aliphatic heterocycles. The zero-order chi connectivity index (χ0) is 14.5. The second kappa shape index (κ2) is 18.5. The molecule has 0 fully saturated rings. The van der Waals surface area contributed by atoms with Crippen LogP contribution in [0.5, 0.6) is 0 Å². The predicted molar refractivity (Wildman–Crippen MR) is 86.6 cm³/mol. The monoisotopic (exact) mass is 364 g/mol. The molecule has 0 unspecified atom stereocenters. The summed E-state index contributed by atoms with van der Waals surface area (Å²) in [4.78, 5) is 15.7. The van der Waals surface area contributed by atoms with Gasteiger partial charge in [0.15, 0.2) is 0 Å². The third-order valence-corrected chi connectivity index (χ3v) is 1.41. The Hall–Kier alpha value is 1.54. The summed E-state index contributed by atoms with van der Waals surface area (Å²) >= 11 is 7.07. The number of thiol groups is 1. The molecule has 0 aromatic heterocycles. The predicted octanol–water partition coefficient (Wildman–Crippen LogP) is 4.64. The first kappa shape index (κ1) is 27.8. The van der Waals surface area contributed by atoms with Gasteiger partial charge in [0.1, 0.15) is 0 Å². The van der Waals surface area contributed by atoms with Gasteiger partial charge in [-0.2, -0.15) is 26.7 Å². The molecule has 0 aliphatic rings. The number of rotatable bonds is 4. The maximum atomic E-state index is 7.87. The molecule has 0 radical (unpaired) electrons. The topological polar surface area (TPSA) is 40.5 Å². The molecule has 18 heavy (non-hydrogen) atoms. The van der Waals surface area contributed by atoms with E-state index >= 15 is 0 Å². The number of hydrogen-bond donors (Lipinski definition) is 3. The minimum Gasteiger partial charge on any atom is -0.338 e. The van der Waals surface area contributed by atoms with Crippen LogP contribution in [0.3, 0.4) is 0 Å². The quantitative estimate of drug-likeness (QED) is 0.294. The van der Waals surface area contributed by atoms with Crippen molar-refractivity contribution >= 4 is 29.7 Å². The fourth-order valence-corrected chi connectivity index (χ4v) is 0.943. The smallest absolute Gasteiger partial charge is 0.338 e. The van der Waals surface area contributed by atoms with Crippen LogP contribution in [-0.4, -0.2) is 9.79 Å². The molecule has 0 aromatic carbocycles. The van der Waals surface area contributed by atoms with Gasteiger partial charge in [-0.25, -0.2) is 0 Å². The van der Waals surface area contributed by atoms with E-state index in [1.165, 1.54) is 12.8 Å². The first-order valence-electron chi connectivity index (χ1n) is 5.88. The van der Waals surface area contributed by atoms with Crippen LogP contribution in [0, 0.1) is 24.7 Å². The summed E-state index contributed by atoms with van der Waals surface area (Å²) in [6, 6.07) is 0. The Kier molecular flexibility index (Phi) is 28.7. The summed E-state index contributed by atoms with van der Waals surface area (Å²) in [5, 5.41) is 0. The Balaban J connectivity index is -0.0000000799. The van der Waals surface area contributed by atoms with Crippen LogP contribution in [0.15, 0.2) is 0 Å². The average Bonchev–Trinajstić information content (AvgIpc) is 2.00. The third-order valence-electron chi connectivity index (χ3n) is 1.41. The van der Waals surface area contributed by atoms with Crippen molar-refractivity contribution < 1.29 is 29.3 Å². The van der Waals surface area contributed by atoms with Crippen LogP contribution < -0.4 is 0 Å². The molecule has 6 heteroatoms. The molecular weight excluding hydrogens is 337 g/mol. The molecule has 0 spiro atoms. The molecule has 0 saturated carbocycles. The van der Waals surface area contributed by atoms with Crippen LogP contribution in [0.25, 0.3) is 0 Å². The molecular formula is C12H29O2PS2Zn. The molecule has 0 rings (SSSR count). The van der Waals surface area contributed by atoms with Gasteiger partial charge in [-0.1, -0.05) is 51.8 Å². The molecule has 0 aliphatic carbocycles. The van der Waals surface area contributed by atoms with Crippen LogP contribution in [-0.2, 0) is 31.3 Å². The van der Waals surface area contributed by atoms with Crippen molar-refractivity contribution in [1.29, 1.82) is 0 Å². The largest absolute Gasteiger partial charge is 2.00 e. The van der Waals surface area contributed by atoms with E-state index in [-0.39, 0.29) is 19.5 Å². The zero-order valence-electron chi connectivity index (χ0n) is 12.6. The van der Waals surface area contributed by atoms with E-state index in [4.69, 9.17) is 9.79 Å². The van der Waals surface area contributed by atoms with Gasteiger partial charge in [-0.15, -0.1) is 0 Å². The van der Waals surface area contributed by atoms with E-state index in [1.54, 1.807) is 0 Å². The van der Waals surface area contributed by atoms with Gasteiger partial charge in [0, 0.05) is 0 Å². The van der Waals surface area contributed by atoms with Crippen molar-refractivity contribution in [3.05, 3.63) is 12.8 Å². The molecule has 2 N–H and O–H groups in total. The number of hydrogen-bond acceptors (Lipinski definition) is 1. The second-order valence-corrected chi connectivity index (χ2v) is 9.63. The van der Waals surface area contributed by atoms with E-state index in [1.807, 2.05) is 0 Å². The molecule has 0 bridgehead atoms. The molecule has 0 saturated heterocycles. The second-order valence-electron chi connectivity index (χ2n) is 4.59. The fraction of sp³-hybridized carbons (Fsp3) is 0.833. The molecule has 2 nitrogen and oxygen atoms in total. The Bertz CT molecular complexity index is 167. The van der Waals surface area contributed by atoms with Crippen LogP contribution in [0.1, 0.15) is 54.4 Å². The van der Waals surface area contributed by atoms with Gasteiger partial charge >= 0.3 is 19.5 Å². The SMILES string of the molecule is C[CH-]CC(C)C.C[CH-]CC(C)C.OP(O)(=S)S.[Zn+2]. The Morgan fingerprint density at radius 3 is 1.17 bits per heavy atom. The Morgan fingerprint density at radius 1 is 1.00 bits per heavy atom. The Labute approximate surface area is 137 Å². The average molecular weight is 366 g/mol. The van der Waals surface area contributed by atoms with Gasteiger partial charge in [-0.05, 0) is 11.8 Å².